The summed E-state index contributed by atoms with van der Waals surface area (Å²) >= 11 is 0. The highest BCUT2D eigenvalue weighted by molar-refractivity contribution is 5.96. The van der Waals surface area contributed by atoms with E-state index < -0.39 is 0 Å². The molecule has 0 saturated carbocycles. The second kappa shape index (κ2) is 6.84. The van der Waals surface area contributed by atoms with Crippen molar-refractivity contribution < 1.29 is 4.79 Å². The van der Waals surface area contributed by atoms with Crippen LogP contribution in [-0.2, 0) is 13.1 Å². The van der Waals surface area contributed by atoms with E-state index in [9.17, 15) is 4.79 Å². The molecule has 1 heterocycles. The third-order valence-electron chi connectivity index (χ3n) is 4.56. The first-order valence-corrected chi connectivity index (χ1v) is 8.59. The highest BCUT2D eigenvalue weighted by Crippen LogP contribution is 2.15. The molecule has 1 aromatic heterocycles. The van der Waals surface area contributed by atoms with Gasteiger partial charge in [0, 0.05) is 5.56 Å². The Labute approximate surface area is 151 Å². The molecule has 0 aliphatic heterocycles. The van der Waals surface area contributed by atoms with Gasteiger partial charge in [0.2, 0.25) is 5.62 Å². The first kappa shape index (κ1) is 16.1. The zero-order valence-electron chi connectivity index (χ0n) is 14.3. The van der Waals surface area contributed by atoms with Crippen molar-refractivity contribution in [3.63, 3.8) is 0 Å². The van der Waals surface area contributed by atoms with Crippen molar-refractivity contribution in [1.29, 1.82) is 5.41 Å². The zero-order valence-corrected chi connectivity index (χ0v) is 14.3. The highest BCUT2D eigenvalue weighted by atomic mass is 16.1. The lowest BCUT2D eigenvalue weighted by molar-refractivity contribution is 0.0971. The van der Waals surface area contributed by atoms with Crippen molar-refractivity contribution in [3.05, 3.63) is 102 Å². The number of benzene rings is 3. The predicted molar refractivity (Wildman–Crippen MR) is 102 cm³/mol. The molecule has 0 aliphatic carbocycles. The summed E-state index contributed by atoms with van der Waals surface area (Å²) in [5, 5.41) is 8.65. The Morgan fingerprint density at radius 3 is 1.92 bits per heavy atom. The average Bonchev–Trinajstić information content (AvgIpc) is 2.95. The summed E-state index contributed by atoms with van der Waals surface area (Å²) in [7, 11) is 0. The van der Waals surface area contributed by atoms with Crippen LogP contribution in [0.2, 0.25) is 0 Å². The summed E-state index contributed by atoms with van der Waals surface area (Å²) < 4.78 is 3.73. The van der Waals surface area contributed by atoms with Crippen LogP contribution in [0.4, 0.5) is 0 Å². The maximum Gasteiger partial charge on any atom is 0.203 e. The van der Waals surface area contributed by atoms with E-state index in [1.165, 1.54) is 0 Å². The minimum absolute atomic E-state index is 0.00622. The van der Waals surface area contributed by atoms with Crippen LogP contribution in [0.1, 0.15) is 15.9 Å². The lowest BCUT2D eigenvalue weighted by Crippen LogP contribution is -2.27. The second-order valence-electron chi connectivity index (χ2n) is 6.26. The molecule has 4 aromatic rings. The SMILES string of the molecule is N=c1n(CC(=O)c2ccccc2)c2ccccc2n1Cc1ccccc1. The Morgan fingerprint density at radius 1 is 0.731 bits per heavy atom. The van der Waals surface area contributed by atoms with Gasteiger partial charge < -0.3 is 9.13 Å². The molecule has 0 fully saturated rings. The molecule has 4 heteroatoms. The second-order valence-corrected chi connectivity index (χ2v) is 6.26. The van der Waals surface area contributed by atoms with Crippen LogP contribution in [0.3, 0.4) is 0 Å². The number of carbonyl (C=O) groups is 1. The van der Waals surface area contributed by atoms with Crippen molar-refractivity contribution in [2.45, 2.75) is 13.1 Å². The molecule has 3 aromatic carbocycles. The van der Waals surface area contributed by atoms with Crippen LogP contribution >= 0.6 is 0 Å². The molecule has 0 radical (unpaired) electrons. The van der Waals surface area contributed by atoms with Crippen molar-refractivity contribution in [1.82, 2.24) is 9.13 Å². The summed E-state index contributed by atoms with van der Waals surface area (Å²) in [6.45, 7) is 0.762. The Bertz CT molecular complexity index is 1110. The van der Waals surface area contributed by atoms with E-state index in [0.717, 1.165) is 16.6 Å². The van der Waals surface area contributed by atoms with Crippen LogP contribution in [0.15, 0.2) is 84.9 Å². The van der Waals surface area contributed by atoms with E-state index in [-0.39, 0.29) is 12.3 Å². The summed E-state index contributed by atoms with van der Waals surface area (Å²) in [5.41, 5.74) is 3.99. The van der Waals surface area contributed by atoms with E-state index in [4.69, 9.17) is 5.41 Å². The van der Waals surface area contributed by atoms with Crippen molar-refractivity contribution in [3.8, 4) is 0 Å². The maximum absolute atomic E-state index is 12.7. The Hall–Kier alpha value is -3.40. The monoisotopic (exact) mass is 341 g/mol. The number of imidazole rings is 1. The van der Waals surface area contributed by atoms with Crippen LogP contribution < -0.4 is 5.62 Å². The van der Waals surface area contributed by atoms with Gasteiger partial charge in [-0.3, -0.25) is 10.2 Å². The molecule has 0 spiro atoms. The van der Waals surface area contributed by atoms with Crippen LogP contribution in [0.25, 0.3) is 11.0 Å². The number of Topliss-reactive ketones (excluding diaryl/α,β-unsaturated/α-hetero) is 1. The topological polar surface area (TPSA) is 50.8 Å². The normalized spacial score (nSPS) is 10.9. The Morgan fingerprint density at radius 2 is 1.27 bits per heavy atom. The quantitative estimate of drug-likeness (QED) is 0.551. The van der Waals surface area contributed by atoms with Gasteiger partial charge >= 0.3 is 0 Å². The van der Waals surface area contributed by atoms with E-state index in [1.54, 1.807) is 4.57 Å². The zero-order chi connectivity index (χ0) is 17.9. The average molecular weight is 341 g/mol. The Kier molecular flexibility index (Phi) is 4.23. The minimum atomic E-state index is 0.00622. The molecule has 0 saturated heterocycles. The number of aromatic nitrogens is 2. The van der Waals surface area contributed by atoms with Crippen LogP contribution in [-0.4, -0.2) is 14.9 Å². The fraction of sp³-hybridized carbons (Fsp3) is 0.0909. The van der Waals surface area contributed by atoms with Crippen molar-refractivity contribution in [2.75, 3.05) is 0 Å². The molecular formula is C22H19N3O. The molecule has 0 unspecified atom stereocenters. The molecule has 0 amide bonds. The fourth-order valence-corrected chi connectivity index (χ4v) is 3.24. The van der Waals surface area contributed by atoms with Gasteiger partial charge in [-0.05, 0) is 17.7 Å². The van der Waals surface area contributed by atoms with Gasteiger partial charge in [-0.1, -0.05) is 72.8 Å². The van der Waals surface area contributed by atoms with Crippen molar-refractivity contribution in [2.24, 2.45) is 0 Å². The number of fused-ring (bicyclic) bond motifs is 1. The number of ketones is 1. The number of nitrogens with zero attached hydrogens (tertiary/aromatic N) is 2. The largest absolute Gasteiger partial charge is 0.306 e. The van der Waals surface area contributed by atoms with Crippen LogP contribution in [0.5, 0.6) is 0 Å². The highest BCUT2D eigenvalue weighted by Gasteiger charge is 2.14. The van der Waals surface area contributed by atoms with E-state index >= 15 is 0 Å². The summed E-state index contributed by atoms with van der Waals surface area (Å²) in [6, 6.07) is 27.2. The summed E-state index contributed by atoms with van der Waals surface area (Å²) in [4.78, 5) is 12.7. The molecule has 0 bridgehead atoms. The van der Waals surface area contributed by atoms with Gasteiger partial charge in [0.25, 0.3) is 0 Å². The maximum atomic E-state index is 12.7. The van der Waals surface area contributed by atoms with E-state index in [0.29, 0.717) is 17.7 Å². The molecule has 0 atom stereocenters. The lowest BCUT2D eigenvalue weighted by atomic mass is 10.1. The van der Waals surface area contributed by atoms with Gasteiger partial charge in [-0.2, -0.15) is 0 Å². The third-order valence-corrected chi connectivity index (χ3v) is 4.56. The standard InChI is InChI=1S/C22H19N3O/c23-22-24(15-17-9-3-1-4-10-17)19-13-7-8-14-20(19)25(22)16-21(26)18-11-5-2-6-12-18/h1-14,23H,15-16H2. The van der Waals surface area contributed by atoms with Gasteiger partial charge in [-0.25, -0.2) is 0 Å². The fourth-order valence-electron chi connectivity index (χ4n) is 3.24. The third kappa shape index (κ3) is 2.97. The molecule has 0 aliphatic rings. The predicted octanol–water partition coefficient (Wildman–Crippen LogP) is 3.85. The van der Waals surface area contributed by atoms with Gasteiger partial charge in [0.15, 0.2) is 5.78 Å². The number of hydrogen-bond acceptors (Lipinski definition) is 2. The molecule has 4 nitrogen and oxygen atoms in total. The lowest BCUT2D eigenvalue weighted by Gasteiger charge is -2.05. The molecule has 26 heavy (non-hydrogen) atoms. The number of para-hydroxylation sites is 2. The summed E-state index contributed by atoms with van der Waals surface area (Å²) in [5.74, 6) is 0.00622. The molecular weight excluding hydrogens is 322 g/mol. The first-order valence-electron chi connectivity index (χ1n) is 8.59. The number of rotatable bonds is 5. The first-order chi connectivity index (χ1) is 12.7. The van der Waals surface area contributed by atoms with Gasteiger partial charge in [-0.15, -0.1) is 0 Å². The van der Waals surface area contributed by atoms with Crippen LogP contribution in [0, 0.1) is 5.41 Å². The minimum Gasteiger partial charge on any atom is -0.306 e. The number of hydrogen-bond donors (Lipinski definition) is 1. The summed E-state index contributed by atoms with van der Waals surface area (Å²) in [6.07, 6.45) is 0. The molecule has 4 rings (SSSR count). The Balaban J connectivity index is 1.77. The van der Waals surface area contributed by atoms with Crippen molar-refractivity contribution >= 4 is 16.8 Å². The van der Waals surface area contributed by atoms with Gasteiger partial charge in [0.05, 0.1) is 24.1 Å². The smallest absolute Gasteiger partial charge is 0.203 e. The molecule has 1 N–H and O–H groups in total. The van der Waals surface area contributed by atoms with Gasteiger partial charge in [0.1, 0.15) is 0 Å². The number of nitrogens with one attached hydrogen (secondary N) is 1. The molecule has 128 valence electrons. The number of carbonyl (C=O) groups excluding carboxylic acids is 1. The van der Waals surface area contributed by atoms with E-state index in [1.807, 2.05) is 89.5 Å². The van der Waals surface area contributed by atoms with E-state index in [2.05, 4.69) is 0 Å².